The first-order valence-corrected chi connectivity index (χ1v) is 6.42. The molecule has 1 aliphatic rings. The summed E-state index contributed by atoms with van der Waals surface area (Å²) in [5.41, 5.74) is 2.47. The van der Waals surface area contributed by atoms with Crippen molar-refractivity contribution in [3.8, 4) is 0 Å². The van der Waals surface area contributed by atoms with Crippen molar-refractivity contribution in [1.82, 2.24) is 4.90 Å². The summed E-state index contributed by atoms with van der Waals surface area (Å²) in [5.74, 6) is 0. The minimum atomic E-state index is 0.309. The zero-order chi connectivity index (χ0) is 12.1. The molecular formula is C14H22N2O. The Bertz CT molecular complexity index is 354. The summed E-state index contributed by atoms with van der Waals surface area (Å²) in [4.78, 5) is 2.44. The molecule has 1 aromatic carbocycles. The number of hydrogen-bond donors (Lipinski definition) is 1. The maximum atomic E-state index is 5.76. The molecule has 1 aliphatic heterocycles. The van der Waals surface area contributed by atoms with Gasteiger partial charge >= 0.3 is 0 Å². The molecule has 17 heavy (non-hydrogen) atoms. The largest absolute Gasteiger partial charge is 0.382 e. The van der Waals surface area contributed by atoms with Crippen molar-refractivity contribution in [2.45, 2.75) is 20.0 Å². The molecule has 2 rings (SSSR count). The molecule has 1 heterocycles. The third-order valence-corrected chi connectivity index (χ3v) is 3.22. The second-order valence-corrected chi connectivity index (χ2v) is 4.64. The Labute approximate surface area is 104 Å². The highest BCUT2D eigenvalue weighted by molar-refractivity contribution is 5.45. The third kappa shape index (κ3) is 3.72. The van der Waals surface area contributed by atoms with E-state index < -0.39 is 0 Å². The van der Waals surface area contributed by atoms with Crippen LogP contribution < -0.4 is 5.32 Å². The lowest BCUT2D eigenvalue weighted by molar-refractivity contribution is -0.0191. The smallest absolute Gasteiger partial charge is 0.0874 e. The van der Waals surface area contributed by atoms with Crippen LogP contribution in [0.4, 0.5) is 5.69 Å². The van der Waals surface area contributed by atoms with Crippen molar-refractivity contribution >= 4 is 5.69 Å². The number of rotatable bonds is 4. The quantitative estimate of drug-likeness (QED) is 0.863. The maximum Gasteiger partial charge on any atom is 0.0874 e. The van der Waals surface area contributed by atoms with Crippen LogP contribution >= 0.6 is 0 Å². The Morgan fingerprint density at radius 3 is 3.12 bits per heavy atom. The van der Waals surface area contributed by atoms with E-state index in [1.165, 1.54) is 11.3 Å². The number of benzene rings is 1. The SMILES string of the molecule is CCN1CCOC(CNc2cccc(C)c2)C1. The van der Waals surface area contributed by atoms with Crippen molar-refractivity contribution < 1.29 is 4.74 Å². The zero-order valence-electron chi connectivity index (χ0n) is 10.8. The van der Waals surface area contributed by atoms with E-state index in [2.05, 4.69) is 48.3 Å². The lowest BCUT2D eigenvalue weighted by atomic mass is 10.2. The monoisotopic (exact) mass is 234 g/mol. The van der Waals surface area contributed by atoms with E-state index in [1.54, 1.807) is 0 Å². The Morgan fingerprint density at radius 1 is 1.47 bits per heavy atom. The predicted octanol–water partition coefficient (Wildman–Crippen LogP) is 2.13. The summed E-state index contributed by atoms with van der Waals surface area (Å²) in [5, 5.41) is 3.45. The number of hydrogen-bond acceptors (Lipinski definition) is 3. The molecule has 1 unspecified atom stereocenters. The van der Waals surface area contributed by atoms with Gasteiger partial charge in [0.25, 0.3) is 0 Å². The lowest BCUT2D eigenvalue weighted by Gasteiger charge is -2.32. The Hall–Kier alpha value is -1.06. The molecule has 0 bridgehead atoms. The van der Waals surface area contributed by atoms with Crippen molar-refractivity contribution in [1.29, 1.82) is 0 Å². The van der Waals surface area contributed by atoms with Gasteiger partial charge in [0.1, 0.15) is 0 Å². The molecule has 1 saturated heterocycles. The first kappa shape index (κ1) is 12.4. The van der Waals surface area contributed by atoms with Gasteiger partial charge in [0.05, 0.1) is 12.7 Å². The van der Waals surface area contributed by atoms with Crippen LogP contribution in [0.15, 0.2) is 24.3 Å². The normalized spacial score (nSPS) is 21.4. The molecule has 0 radical (unpaired) electrons. The molecule has 3 nitrogen and oxygen atoms in total. The molecule has 0 amide bonds. The van der Waals surface area contributed by atoms with Gasteiger partial charge in [-0.1, -0.05) is 19.1 Å². The van der Waals surface area contributed by atoms with E-state index in [4.69, 9.17) is 4.74 Å². The molecule has 0 spiro atoms. The molecule has 0 saturated carbocycles. The summed E-state index contributed by atoms with van der Waals surface area (Å²) < 4.78 is 5.76. The molecule has 1 atom stereocenters. The van der Waals surface area contributed by atoms with Crippen molar-refractivity contribution in [2.75, 3.05) is 38.1 Å². The van der Waals surface area contributed by atoms with E-state index >= 15 is 0 Å². The number of likely N-dealkylation sites (N-methyl/N-ethyl adjacent to an activating group) is 1. The standard InChI is InChI=1S/C14H22N2O/c1-3-16-7-8-17-14(11-16)10-15-13-6-4-5-12(2)9-13/h4-6,9,14-15H,3,7-8,10-11H2,1-2H3. The Kier molecular flexibility index (Phi) is 4.40. The molecule has 1 N–H and O–H groups in total. The van der Waals surface area contributed by atoms with Crippen LogP contribution in [0.2, 0.25) is 0 Å². The van der Waals surface area contributed by atoms with Gasteiger partial charge in [0, 0.05) is 25.3 Å². The Balaban J connectivity index is 1.81. The van der Waals surface area contributed by atoms with Gasteiger partial charge in [-0.05, 0) is 31.2 Å². The number of aryl methyl sites for hydroxylation is 1. The summed E-state index contributed by atoms with van der Waals surface area (Å²) in [6.07, 6.45) is 0.309. The van der Waals surface area contributed by atoms with Gasteiger partial charge in [-0.2, -0.15) is 0 Å². The predicted molar refractivity (Wildman–Crippen MR) is 71.5 cm³/mol. The number of nitrogens with zero attached hydrogens (tertiary/aromatic N) is 1. The van der Waals surface area contributed by atoms with Gasteiger partial charge in [-0.3, -0.25) is 4.90 Å². The lowest BCUT2D eigenvalue weighted by Crippen LogP contribution is -2.45. The highest BCUT2D eigenvalue weighted by Crippen LogP contribution is 2.11. The fraction of sp³-hybridized carbons (Fsp3) is 0.571. The molecule has 0 aromatic heterocycles. The van der Waals surface area contributed by atoms with Gasteiger partial charge in [0.2, 0.25) is 0 Å². The highest BCUT2D eigenvalue weighted by Gasteiger charge is 2.18. The second-order valence-electron chi connectivity index (χ2n) is 4.64. The van der Waals surface area contributed by atoms with Crippen molar-refractivity contribution in [3.63, 3.8) is 0 Å². The van der Waals surface area contributed by atoms with Crippen molar-refractivity contribution in [2.24, 2.45) is 0 Å². The fourth-order valence-electron chi connectivity index (χ4n) is 2.18. The van der Waals surface area contributed by atoms with Gasteiger partial charge in [-0.25, -0.2) is 0 Å². The average Bonchev–Trinajstić information content (AvgIpc) is 2.37. The van der Waals surface area contributed by atoms with Crippen LogP contribution in [0.5, 0.6) is 0 Å². The minimum Gasteiger partial charge on any atom is -0.382 e. The van der Waals surface area contributed by atoms with Gasteiger partial charge < -0.3 is 10.1 Å². The summed E-state index contributed by atoms with van der Waals surface area (Å²) in [6.45, 7) is 9.28. The molecule has 94 valence electrons. The third-order valence-electron chi connectivity index (χ3n) is 3.22. The van der Waals surface area contributed by atoms with Crippen LogP contribution in [-0.2, 0) is 4.74 Å². The van der Waals surface area contributed by atoms with Gasteiger partial charge in [-0.15, -0.1) is 0 Å². The first-order valence-electron chi connectivity index (χ1n) is 6.42. The van der Waals surface area contributed by atoms with Crippen LogP contribution in [0.25, 0.3) is 0 Å². The van der Waals surface area contributed by atoms with Crippen LogP contribution in [0, 0.1) is 6.92 Å². The zero-order valence-corrected chi connectivity index (χ0v) is 10.8. The highest BCUT2D eigenvalue weighted by atomic mass is 16.5. The maximum absolute atomic E-state index is 5.76. The summed E-state index contributed by atoms with van der Waals surface area (Å²) in [7, 11) is 0. The van der Waals surface area contributed by atoms with E-state index in [-0.39, 0.29) is 0 Å². The van der Waals surface area contributed by atoms with Crippen LogP contribution in [-0.4, -0.2) is 43.8 Å². The minimum absolute atomic E-state index is 0.309. The van der Waals surface area contributed by atoms with Crippen LogP contribution in [0.1, 0.15) is 12.5 Å². The average molecular weight is 234 g/mol. The molecule has 0 aliphatic carbocycles. The second kappa shape index (κ2) is 6.03. The van der Waals surface area contributed by atoms with Crippen molar-refractivity contribution in [3.05, 3.63) is 29.8 Å². The number of ether oxygens (including phenoxy) is 1. The number of nitrogens with one attached hydrogen (secondary N) is 1. The molecule has 3 heteroatoms. The summed E-state index contributed by atoms with van der Waals surface area (Å²) in [6, 6.07) is 8.46. The first-order chi connectivity index (χ1) is 8.28. The molecule has 1 aromatic rings. The van der Waals surface area contributed by atoms with E-state index in [9.17, 15) is 0 Å². The molecule has 1 fully saturated rings. The molecular weight excluding hydrogens is 212 g/mol. The number of anilines is 1. The van der Waals surface area contributed by atoms with E-state index in [1.807, 2.05) is 0 Å². The summed E-state index contributed by atoms with van der Waals surface area (Å²) >= 11 is 0. The fourth-order valence-corrected chi connectivity index (χ4v) is 2.18. The van der Waals surface area contributed by atoms with Crippen LogP contribution in [0.3, 0.4) is 0 Å². The van der Waals surface area contributed by atoms with E-state index in [0.717, 1.165) is 32.8 Å². The topological polar surface area (TPSA) is 24.5 Å². The van der Waals surface area contributed by atoms with Gasteiger partial charge in [0.15, 0.2) is 0 Å². The van der Waals surface area contributed by atoms with E-state index in [0.29, 0.717) is 6.10 Å². The number of morpholine rings is 1. The Morgan fingerprint density at radius 2 is 2.35 bits per heavy atom.